The van der Waals surface area contributed by atoms with Crippen LogP contribution in [0, 0.1) is 0 Å². The first kappa shape index (κ1) is 14.9. The number of hydrogen-bond acceptors (Lipinski definition) is 2. The van der Waals surface area contributed by atoms with Crippen LogP contribution in [0.25, 0.3) is 11.6 Å². The van der Waals surface area contributed by atoms with Gasteiger partial charge in [0.05, 0.1) is 7.11 Å². The summed E-state index contributed by atoms with van der Waals surface area (Å²) in [6.45, 7) is 0. The zero-order chi connectivity index (χ0) is 16.1. The fraction of sp³-hybridized carbons (Fsp3) is 0.0476. The maximum Gasteiger partial charge on any atom is 0.161 e. The lowest BCUT2D eigenvalue weighted by Gasteiger charge is -2.10. The topological polar surface area (TPSA) is 29.5 Å². The van der Waals surface area contributed by atoms with E-state index in [0.717, 1.165) is 22.3 Å². The summed E-state index contributed by atoms with van der Waals surface area (Å²) in [5.41, 5.74) is 4.39. The molecule has 0 spiro atoms. The molecule has 0 bridgehead atoms. The predicted octanol–water partition coefficient (Wildman–Crippen LogP) is 4.99. The summed E-state index contributed by atoms with van der Waals surface area (Å²) in [5.74, 6) is 0.616. The molecule has 0 amide bonds. The highest BCUT2D eigenvalue weighted by Gasteiger charge is 2.06. The Kier molecular flexibility index (Phi) is 4.44. The molecular formula is C21H18O2. The van der Waals surface area contributed by atoms with Gasteiger partial charge in [-0.25, -0.2) is 0 Å². The highest BCUT2D eigenvalue weighted by atomic mass is 16.5. The van der Waals surface area contributed by atoms with Gasteiger partial charge >= 0.3 is 0 Å². The summed E-state index contributed by atoms with van der Waals surface area (Å²) in [4.78, 5) is 0. The van der Waals surface area contributed by atoms with Crippen LogP contribution in [0.3, 0.4) is 0 Å². The minimum atomic E-state index is 0.144. The SMILES string of the molecule is COc1cc(C=C(c2ccccc2)c2ccccc2)ccc1O. The number of phenolic OH excluding ortho intramolecular Hbond substituents is 1. The Labute approximate surface area is 136 Å². The molecule has 1 N–H and O–H groups in total. The van der Waals surface area contributed by atoms with Gasteiger partial charge in [-0.05, 0) is 40.5 Å². The Bertz CT molecular complexity index is 764. The fourth-order valence-electron chi connectivity index (χ4n) is 2.52. The number of phenols is 1. The molecule has 3 aromatic rings. The summed E-state index contributed by atoms with van der Waals surface area (Å²) in [6, 6.07) is 25.9. The molecule has 0 heterocycles. The van der Waals surface area contributed by atoms with E-state index in [-0.39, 0.29) is 5.75 Å². The summed E-state index contributed by atoms with van der Waals surface area (Å²) in [7, 11) is 1.55. The maximum absolute atomic E-state index is 9.76. The van der Waals surface area contributed by atoms with Crippen molar-refractivity contribution in [2.24, 2.45) is 0 Å². The minimum absolute atomic E-state index is 0.144. The van der Waals surface area contributed by atoms with E-state index in [1.54, 1.807) is 13.2 Å². The van der Waals surface area contributed by atoms with E-state index in [2.05, 4.69) is 30.3 Å². The molecule has 0 saturated heterocycles. The van der Waals surface area contributed by atoms with Crippen molar-refractivity contribution in [2.45, 2.75) is 0 Å². The van der Waals surface area contributed by atoms with Gasteiger partial charge in [0.2, 0.25) is 0 Å². The molecule has 23 heavy (non-hydrogen) atoms. The lowest BCUT2D eigenvalue weighted by atomic mass is 9.96. The van der Waals surface area contributed by atoms with Crippen LogP contribution in [0.15, 0.2) is 78.9 Å². The molecule has 3 aromatic carbocycles. The normalized spacial score (nSPS) is 10.1. The van der Waals surface area contributed by atoms with Crippen LogP contribution < -0.4 is 4.74 Å². The third-order valence-electron chi connectivity index (χ3n) is 3.68. The van der Waals surface area contributed by atoms with Crippen LogP contribution in [0.1, 0.15) is 16.7 Å². The van der Waals surface area contributed by atoms with Crippen LogP contribution in [0.5, 0.6) is 11.5 Å². The minimum Gasteiger partial charge on any atom is -0.504 e. The highest BCUT2D eigenvalue weighted by Crippen LogP contribution is 2.30. The summed E-state index contributed by atoms with van der Waals surface area (Å²) in [6.07, 6.45) is 2.10. The number of benzene rings is 3. The Morgan fingerprint density at radius 1 is 0.826 bits per heavy atom. The van der Waals surface area contributed by atoms with Gasteiger partial charge in [0.25, 0.3) is 0 Å². The van der Waals surface area contributed by atoms with E-state index in [9.17, 15) is 5.11 Å². The zero-order valence-electron chi connectivity index (χ0n) is 12.9. The number of hydrogen-bond donors (Lipinski definition) is 1. The van der Waals surface area contributed by atoms with Crippen molar-refractivity contribution >= 4 is 11.6 Å². The van der Waals surface area contributed by atoms with Crippen molar-refractivity contribution in [1.82, 2.24) is 0 Å². The number of rotatable bonds is 4. The second kappa shape index (κ2) is 6.84. The zero-order valence-corrected chi connectivity index (χ0v) is 12.9. The number of ether oxygens (including phenoxy) is 1. The van der Waals surface area contributed by atoms with E-state index in [4.69, 9.17) is 4.74 Å². The van der Waals surface area contributed by atoms with Gasteiger partial charge in [0, 0.05) is 0 Å². The smallest absolute Gasteiger partial charge is 0.161 e. The highest BCUT2D eigenvalue weighted by molar-refractivity contribution is 5.91. The molecule has 0 unspecified atom stereocenters. The van der Waals surface area contributed by atoms with Gasteiger partial charge < -0.3 is 9.84 Å². The molecule has 0 saturated carbocycles. The van der Waals surface area contributed by atoms with Crippen LogP contribution in [0.2, 0.25) is 0 Å². The average molecular weight is 302 g/mol. The summed E-state index contributed by atoms with van der Waals surface area (Å²) >= 11 is 0. The van der Waals surface area contributed by atoms with Gasteiger partial charge in [-0.1, -0.05) is 66.7 Å². The van der Waals surface area contributed by atoms with Crippen molar-refractivity contribution in [1.29, 1.82) is 0 Å². The first-order valence-corrected chi connectivity index (χ1v) is 7.47. The van der Waals surface area contributed by atoms with Crippen molar-refractivity contribution in [3.63, 3.8) is 0 Å². The first-order valence-electron chi connectivity index (χ1n) is 7.47. The van der Waals surface area contributed by atoms with E-state index >= 15 is 0 Å². The Balaban J connectivity index is 2.12. The molecule has 2 heteroatoms. The second-order valence-corrected chi connectivity index (χ2v) is 5.22. The largest absolute Gasteiger partial charge is 0.504 e. The Morgan fingerprint density at radius 3 is 1.91 bits per heavy atom. The maximum atomic E-state index is 9.76. The molecule has 0 atom stereocenters. The quantitative estimate of drug-likeness (QED) is 0.688. The molecule has 0 aliphatic heterocycles. The van der Waals surface area contributed by atoms with Gasteiger partial charge in [-0.2, -0.15) is 0 Å². The van der Waals surface area contributed by atoms with Crippen molar-refractivity contribution in [3.8, 4) is 11.5 Å². The predicted molar refractivity (Wildman–Crippen MR) is 94.5 cm³/mol. The first-order chi connectivity index (χ1) is 11.3. The molecule has 0 fully saturated rings. The van der Waals surface area contributed by atoms with Crippen molar-refractivity contribution in [2.75, 3.05) is 7.11 Å². The van der Waals surface area contributed by atoms with Crippen molar-refractivity contribution < 1.29 is 9.84 Å². The molecule has 2 nitrogen and oxygen atoms in total. The van der Waals surface area contributed by atoms with Crippen LogP contribution >= 0.6 is 0 Å². The van der Waals surface area contributed by atoms with E-state index < -0.39 is 0 Å². The molecule has 0 aromatic heterocycles. The third-order valence-corrected chi connectivity index (χ3v) is 3.68. The molecule has 0 aliphatic carbocycles. The number of aromatic hydroxyl groups is 1. The van der Waals surface area contributed by atoms with E-state index in [1.165, 1.54) is 0 Å². The van der Waals surface area contributed by atoms with Gasteiger partial charge in [-0.3, -0.25) is 0 Å². The van der Waals surface area contributed by atoms with Gasteiger partial charge in [0.15, 0.2) is 11.5 Å². The summed E-state index contributed by atoms with van der Waals surface area (Å²) < 4.78 is 5.20. The third kappa shape index (κ3) is 3.43. The monoisotopic (exact) mass is 302 g/mol. The van der Waals surface area contributed by atoms with Crippen LogP contribution in [0.4, 0.5) is 0 Å². The molecular weight excluding hydrogens is 284 g/mol. The molecule has 0 radical (unpaired) electrons. The Morgan fingerprint density at radius 2 is 1.39 bits per heavy atom. The number of methoxy groups -OCH3 is 1. The van der Waals surface area contributed by atoms with Gasteiger partial charge in [0.1, 0.15) is 0 Å². The van der Waals surface area contributed by atoms with Crippen LogP contribution in [-0.2, 0) is 0 Å². The molecule has 0 aliphatic rings. The van der Waals surface area contributed by atoms with Crippen LogP contribution in [-0.4, -0.2) is 12.2 Å². The Hall–Kier alpha value is -3.00. The van der Waals surface area contributed by atoms with Gasteiger partial charge in [-0.15, -0.1) is 0 Å². The molecule has 114 valence electrons. The lowest BCUT2D eigenvalue weighted by Crippen LogP contribution is -1.89. The average Bonchev–Trinajstić information content (AvgIpc) is 2.62. The van der Waals surface area contributed by atoms with Crippen molar-refractivity contribution in [3.05, 3.63) is 95.6 Å². The fourth-order valence-corrected chi connectivity index (χ4v) is 2.52. The standard InChI is InChI=1S/C21H18O2/c1-23-21-15-16(12-13-20(21)22)14-19(17-8-4-2-5-9-17)18-10-6-3-7-11-18/h2-15,22H,1H3. The van der Waals surface area contributed by atoms with E-state index in [0.29, 0.717) is 5.75 Å². The molecule has 3 rings (SSSR count). The van der Waals surface area contributed by atoms with E-state index in [1.807, 2.05) is 48.5 Å². The lowest BCUT2D eigenvalue weighted by molar-refractivity contribution is 0.373. The second-order valence-electron chi connectivity index (χ2n) is 5.22. The summed E-state index contributed by atoms with van der Waals surface area (Å²) in [5, 5.41) is 9.76.